The summed E-state index contributed by atoms with van der Waals surface area (Å²) < 4.78 is 0. The maximum Gasteiger partial charge on any atom is 0.224 e. The lowest BCUT2D eigenvalue weighted by atomic mass is 9.98. The maximum absolute atomic E-state index is 12.2. The molecule has 0 aromatic carbocycles. The van der Waals surface area contributed by atoms with Gasteiger partial charge in [0, 0.05) is 11.4 Å². The van der Waals surface area contributed by atoms with Crippen molar-refractivity contribution < 1.29 is 4.79 Å². The van der Waals surface area contributed by atoms with Crippen molar-refractivity contribution >= 4 is 17.2 Å². The Morgan fingerprint density at radius 1 is 1.67 bits per heavy atom. The Labute approximate surface area is 113 Å². The van der Waals surface area contributed by atoms with Gasteiger partial charge in [-0.15, -0.1) is 11.3 Å². The Bertz CT molecular complexity index is 358. The number of piperidine rings is 1. The van der Waals surface area contributed by atoms with E-state index in [0.29, 0.717) is 0 Å². The predicted molar refractivity (Wildman–Crippen MR) is 75.7 cm³/mol. The lowest BCUT2D eigenvalue weighted by molar-refractivity contribution is -0.126. The standard InChI is InChI=1S/C14H22N2OS/c1-2-5-12(13-7-4-9-18-13)16-14(17)11-6-3-8-15-10-11/h4,7,9,11-12,15H,2-3,5-6,8,10H2,1H3,(H,16,17)/t11-,12?/m1/s1. The van der Waals surface area contributed by atoms with E-state index in [4.69, 9.17) is 0 Å². The van der Waals surface area contributed by atoms with Crippen LogP contribution in [0.3, 0.4) is 0 Å². The molecule has 0 bridgehead atoms. The SMILES string of the molecule is CCCC(NC(=O)[C@@H]1CCCNC1)c1cccs1. The van der Waals surface area contributed by atoms with Crippen LogP contribution in [0.5, 0.6) is 0 Å². The molecule has 1 saturated heterocycles. The van der Waals surface area contributed by atoms with Crippen LogP contribution in [0.2, 0.25) is 0 Å². The van der Waals surface area contributed by atoms with Gasteiger partial charge in [-0.25, -0.2) is 0 Å². The van der Waals surface area contributed by atoms with E-state index in [-0.39, 0.29) is 17.9 Å². The highest BCUT2D eigenvalue weighted by atomic mass is 32.1. The van der Waals surface area contributed by atoms with E-state index in [2.05, 4.69) is 35.1 Å². The molecule has 18 heavy (non-hydrogen) atoms. The van der Waals surface area contributed by atoms with Gasteiger partial charge < -0.3 is 10.6 Å². The molecule has 4 heteroatoms. The van der Waals surface area contributed by atoms with Crippen molar-refractivity contribution in [3.63, 3.8) is 0 Å². The third kappa shape index (κ3) is 3.56. The molecule has 0 aliphatic carbocycles. The van der Waals surface area contributed by atoms with Gasteiger partial charge in [0.25, 0.3) is 0 Å². The molecular formula is C14H22N2OS. The molecule has 1 amide bonds. The third-order valence-electron chi connectivity index (χ3n) is 3.45. The van der Waals surface area contributed by atoms with E-state index in [0.717, 1.165) is 38.8 Å². The fourth-order valence-electron chi connectivity index (χ4n) is 2.43. The van der Waals surface area contributed by atoms with Crippen molar-refractivity contribution in [3.8, 4) is 0 Å². The molecule has 3 nitrogen and oxygen atoms in total. The number of hydrogen-bond donors (Lipinski definition) is 2. The summed E-state index contributed by atoms with van der Waals surface area (Å²) in [5.74, 6) is 0.368. The molecule has 2 heterocycles. The maximum atomic E-state index is 12.2. The van der Waals surface area contributed by atoms with Gasteiger partial charge in [0.05, 0.1) is 12.0 Å². The Morgan fingerprint density at radius 2 is 2.56 bits per heavy atom. The van der Waals surface area contributed by atoms with Gasteiger partial charge in [-0.3, -0.25) is 4.79 Å². The molecule has 1 unspecified atom stereocenters. The van der Waals surface area contributed by atoms with Gasteiger partial charge in [-0.1, -0.05) is 19.4 Å². The number of carbonyl (C=O) groups excluding carboxylic acids is 1. The topological polar surface area (TPSA) is 41.1 Å². The summed E-state index contributed by atoms with van der Waals surface area (Å²) in [4.78, 5) is 13.5. The Hall–Kier alpha value is -0.870. The molecule has 1 fully saturated rings. The average Bonchev–Trinajstić information content (AvgIpc) is 2.93. The summed E-state index contributed by atoms with van der Waals surface area (Å²) in [5.41, 5.74) is 0. The quantitative estimate of drug-likeness (QED) is 0.860. The summed E-state index contributed by atoms with van der Waals surface area (Å²) in [6.07, 6.45) is 4.23. The van der Waals surface area contributed by atoms with Crippen LogP contribution in [0, 0.1) is 5.92 Å². The first kappa shape index (κ1) is 13.6. The minimum absolute atomic E-state index is 0.151. The van der Waals surface area contributed by atoms with Crippen LogP contribution in [0.1, 0.15) is 43.5 Å². The van der Waals surface area contributed by atoms with Crippen LogP contribution >= 0.6 is 11.3 Å². The summed E-state index contributed by atoms with van der Waals surface area (Å²) in [5, 5.41) is 8.59. The first-order valence-electron chi connectivity index (χ1n) is 6.85. The minimum Gasteiger partial charge on any atom is -0.348 e. The lowest BCUT2D eigenvalue weighted by Crippen LogP contribution is -2.41. The zero-order valence-corrected chi connectivity index (χ0v) is 11.8. The normalized spacial score (nSPS) is 21.5. The molecule has 2 atom stereocenters. The average molecular weight is 266 g/mol. The number of carbonyl (C=O) groups is 1. The van der Waals surface area contributed by atoms with E-state index < -0.39 is 0 Å². The van der Waals surface area contributed by atoms with Gasteiger partial charge in [-0.05, 0) is 37.3 Å². The third-order valence-corrected chi connectivity index (χ3v) is 4.43. The fraction of sp³-hybridized carbons (Fsp3) is 0.643. The van der Waals surface area contributed by atoms with Gasteiger partial charge in [-0.2, -0.15) is 0 Å². The van der Waals surface area contributed by atoms with Gasteiger partial charge >= 0.3 is 0 Å². The highest BCUT2D eigenvalue weighted by molar-refractivity contribution is 7.10. The zero-order valence-electron chi connectivity index (χ0n) is 10.9. The highest BCUT2D eigenvalue weighted by Crippen LogP contribution is 2.24. The second-order valence-corrected chi connectivity index (χ2v) is 5.89. The summed E-state index contributed by atoms with van der Waals surface area (Å²) in [6.45, 7) is 4.04. The molecule has 0 radical (unpaired) electrons. The second-order valence-electron chi connectivity index (χ2n) is 4.91. The van der Waals surface area contributed by atoms with E-state index in [1.807, 2.05) is 0 Å². The molecule has 1 aromatic rings. The van der Waals surface area contributed by atoms with Crippen LogP contribution in [-0.4, -0.2) is 19.0 Å². The van der Waals surface area contributed by atoms with Crippen LogP contribution in [0.15, 0.2) is 17.5 Å². The van der Waals surface area contributed by atoms with Crippen LogP contribution < -0.4 is 10.6 Å². The van der Waals surface area contributed by atoms with Crippen LogP contribution in [0.4, 0.5) is 0 Å². The van der Waals surface area contributed by atoms with Crippen molar-refractivity contribution in [1.82, 2.24) is 10.6 Å². The van der Waals surface area contributed by atoms with Crippen molar-refractivity contribution in [1.29, 1.82) is 0 Å². The predicted octanol–water partition coefficient (Wildman–Crippen LogP) is 2.71. The fourth-order valence-corrected chi connectivity index (χ4v) is 3.24. The first-order chi connectivity index (χ1) is 8.81. The lowest BCUT2D eigenvalue weighted by Gasteiger charge is -2.25. The van der Waals surface area contributed by atoms with Crippen LogP contribution in [0.25, 0.3) is 0 Å². The number of amides is 1. The van der Waals surface area contributed by atoms with E-state index in [9.17, 15) is 4.79 Å². The Kier molecular flexibility index (Phi) is 5.20. The molecule has 100 valence electrons. The summed E-state index contributed by atoms with van der Waals surface area (Å²) >= 11 is 1.73. The highest BCUT2D eigenvalue weighted by Gasteiger charge is 2.23. The molecule has 1 aromatic heterocycles. The Morgan fingerprint density at radius 3 is 3.17 bits per heavy atom. The second kappa shape index (κ2) is 6.90. The van der Waals surface area contributed by atoms with Crippen LogP contribution in [-0.2, 0) is 4.79 Å². The minimum atomic E-state index is 0.151. The summed E-state index contributed by atoms with van der Waals surface area (Å²) in [6, 6.07) is 4.37. The van der Waals surface area contributed by atoms with Gasteiger partial charge in [0.15, 0.2) is 0 Å². The molecule has 0 saturated carbocycles. The first-order valence-corrected chi connectivity index (χ1v) is 7.73. The molecule has 1 aliphatic heterocycles. The van der Waals surface area contributed by atoms with E-state index in [1.165, 1.54) is 4.88 Å². The van der Waals surface area contributed by atoms with Gasteiger partial charge in [0.2, 0.25) is 5.91 Å². The number of nitrogens with one attached hydrogen (secondary N) is 2. The van der Waals surface area contributed by atoms with Crippen molar-refractivity contribution in [2.75, 3.05) is 13.1 Å². The smallest absolute Gasteiger partial charge is 0.224 e. The van der Waals surface area contributed by atoms with Gasteiger partial charge in [0.1, 0.15) is 0 Å². The molecule has 2 N–H and O–H groups in total. The number of hydrogen-bond acceptors (Lipinski definition) is 3. The Balaban J connectivity index is 1.93. The summed E-state index contributed by atoms with van der Waals surface area (Å²) in [7, 11) is 0. The van der Waals surface area contributed by atoms with Crippen molar-refractivity contribution in [3.05, 3.63) is 22.4 Å². The number of rotatable bonds is 5. The molecule has 2 rings (SSSR count). The molecular weight excluding hydrogens is 244 g/mol. The largest absolute Gasteiger partial charge is 0.348 e. The molecule has 0 spiro atoms. The monoisotopic (exact) mass is 266 g/mol. The van der Waals surface area contributed by atoms with E-state index in [1.54, 1.807) is 11.3 Å². The van der Waals surface area contributed by atoms with E-state index >= 15 is 0 Å². The number of thiophene rings is 1. The van der Waals surface area contributed by atoms with Crippen molar-refractivity contribution in [2.24, 2.45) is 5.92 Å². The zero-order chi connectivity index (χ0) is 12.8. The van der Waals surface area contributed by atoms with Crippen molar-refractivity contribution in [2.45, 2.75) is 38.6 Å². The molecule has 1 aliphatic rings.